The molecule has 3 aromatic rings. The minimum absolute atomic E-state index is 0.0698. The van der Waals surface area contributed by atoms with Crippen molar-refractivity contribution in [3.63, 3.8) is 0 Å². The van der Waals surface area contributed by atoms with Crippen LogP contribution in [0.3, 0.4) is 0 Å². The number of hydrogen-bond donors (Lipinski definition) is 1. The highest BCUT2D eigenvalue weighted by Crippen LogP contribution is 2.20. The minimum Gasteiger partial charge on any atom is -0.452 e. The van der Waals surface area contributed by atoms with Crippen LogP contribution in [0.1, 0.15) is 27.3 Å². The molecule has 150 valence electrons. The zero-order valence-corrected chi connectivity index (χ0v) is 16.8. The molecule has 1 heterocycles. The van der Waals surface area contributed by atoms with Gasteiger partial charge < -0.3 is 14.6 Å². The smallest absolute Gasteiger partial charge is 0.340 e. The zero-order chi connectivity index (χ0) is 21.0. The van der Waals surface area contributed by atoms with Gasteiger partial charge in [0.1, 0.15) is 5.82 Å². The lowest BCUT2D eigenvalue weighted by molar-refractivity contribution is -0.119. The average Bonchev–Trinajstić information content (AvgIpc) is 2.98. The summed E-state index contributed by atoms with van der Waals surface area (Å²) >= 11 is 5.79. The fourth-order valence-electron chi connectivity index (χ4n) is 3.01. The summed E-state index contributed by atoms with van der Waals surface area (Å²) < 4.78 is 20.8. The third kappa shape index (κ3) is 5.03. The molecular weight excluding hydrogens is 395 g/mol. The Balaban J connectivity index is 1.64. The predicted molar refractivity (Wildman–Crippen MR) is 110 cm³/mol. The summed E-state index contributed by atoms with van der Waals surface area (Å²) in [6, 6.07) is 15.4. The lowest BCUT2D eigenvalue weighted by Crippen LogP contribution is -2.21. The summed E-state index contributed by atoms with van der Waals surface area (Å²) in [6.45, 7) is 3.82. The number of aryl methyl sites for hydroxylation is 1. The number of nitrogens with one attached hydrogen (secondary N) is 1. The topological polar surface area (TPSA) is 60.3 Å². The molecule has 0 bridgehead atoms. The highest BCUT2D eigenvalue weighted by molar-refractivity contribution is 6.30. The van der Waals surface area contributed by atoms with Crippen LogP contribution in [0.2, 0.25) is 5.02 Å². The van der Waals surface area contributed by atoms with Crippen LogP contribution in [-0.4, -0.2) is 23.1 Å². The first kappa shape index (κ1) is 20.6. The van der Waals surface area contributed by atoms with E-state index in [2.05, 4.69) is 5.32 Å². The van der Waals surface area contributed by atoms with Crippen molar-refractivity contribution >= 4 is 29.2 Å². The van der Waals surface area contributed by atoms with E-state index in [1.165, 1.54) is 12.1 Å². The van der Waals surface area contributed by atoms with Crippen molar-refractivity contribution in [1.82, 2.24) is 4.57 Å². The molecule has 0 fully saturated rings. The van der Waals surface area contributed by atoms with Crippen LogP contribution in [0.5, 0.6) is 0 Å². The molecule has 0 spiro atoms. The number of hydrogen-bond acceptors (Lipinski definition) is 3. The maximum absolute atomic E-state index is 13.7. The van der Waals surface area contributed by atoms with Gasteiger partial charge in [0.05, 0.1) is 11.3 Å². The van der Waals surface area contributed by atoms with Gasteiger partial charge in [-0.05, 0) is 43.7 Å². The Morgan fingerprint density at radius 3 is 2.55 bits per heavy atom. The van der Waals surface area contributed by atoms with Crippen molar-refractivity contribution in [2.75, 3.05) is 11.9 Å². The highest BCUT2D eigenvalue weighted by atomic mass is 35.5. The van der Waals surface area contributed by atoms with Crippen molar-refractivity contribution in [3.8, 4) is 0 Å². The van der Waals surface area contributed by atoms with Gasteiger partial charge in [-0.25, -0.2) is 9.18 Å². The average molecular weight is 415 g/mol. The Kier molecular flexibility index (Phi) is 6.34. The summed E-state index contributed by atoms with van der Waals surface area (Å²) in [6.07, 6.45) is 0. The molecule has 0 radical (unpaired) electrons. The molecule has 29 heavy (non-hydrogen) atoms. The van der Waals surface area contributed by atoms with Gasteiger partial charge in [-0.2, -0.15) is 0 Å². The standard InChI is InChI=1S/C22H20ClFN2O3/c1-14-10-18(15(2)26(14)12-16-6-4-3-5-7-16)22(28)29-13-21(27)25-20-11-17(23)8-9-19(20)24/h3-11H,12-13H2,1-2H3,(H,25,27). The van der Waals surface area contributed by atoms with Crippen LogP contribution in [0.15, 0.2) is 54.6 Å². The molecule has 2 aromatic carbocycles. The summed E-state index contributed by atoms with van der Waals surface area (Å²) in [7, 11) is 0. The number of benzene rings is 2. The number of carbonyl (C=O) groups is 2. The van der Waals surface area contributed by atoms with Crippen LogP contribution in [0.4, 0.5) is 10.1 Å². The van der Waals surface area contributed by atoms with Crippen molar-refractivity contribution in [2.45, 2.75) is 20.4 Å². The van der Waals surface area contributed by atoms with E-state index in [1.54, 1.807) is 6.07 Å². The number of amides is 1. The van der Waals surface area contributed by atoms with Gasteiger partial charge in [0, 0.05) is 23.0 Å². The third-order valence-electron chi connectivity index (χ3n) is 4.51. The lowest BCUT2D eigenvalue weighted by atomic mass is 10.2. The van der Waals surface area contributed by atoms with Gasteiger partial charge in [-0.1, -0.05) is 41.9 Å². The Hall–Kier alpha value is -3.12. The van der Waals surface area contributed by atoms with Crippen LogP contribution in [0.25, 0.3) is 0 Å². The molecule has 1 aromatic heterocycles. The van der Waals surface area contributed by atoms with E-state index >= 15 is 0 Å². The van der Waals surface area contributed by atoms with Crippen molar-refractivity contribution in [3.05, 3.63) is 88.0 Å². The van der Waals surface area contributed by atoms with Gasteiger partial charge in [-0.15, -0.1) is 0 Å². The molecule has 1 amide bonds. The van der Waals surface area contributed by atoms with E-state index < -0.39 is 24.3 Å². The second-order valence-corrected chi connectivity index (χ2v) is 7.04. The van der Waals surface area contributed by atoms with Crippen molar-refractivity contribution in [1.29, 1.82) is 0 Å². The number of nitrogens with zero attached hydrogens (tertiary/aromatic N) is 1. The summed E-state index contributed by atoms with van der Waals surface area (Å²) in [5.74, 6) is -1.89. The van der Waals surface area contributed by atoms with Crippen molar-refractivity contribution in [2.24, 2.45) is 0 Å². The second-order valence-electron chi connectivity index (χ2n) is 6.61. The predicted octanol–water partition coefficient (Wildman–Crippen LogP) is 4.74. The first-order chi connectivity index (χ1) is 13.8. The molecule has 0 aliphatic rings. The molecule has 0 unspecified atom stereocenters. The molecule has 0 atom stereocenters. The van der Waals surface area contributed by atoms with Gasteiger partial charge in [-0.3, -0.25) is 4.79 Å². The number of esters is 1. The van der Waals surface area contributed by atoms with E-state index in [0.29, 0.717) is 12.1 Å². The number of anilines is 1. The van der Waals surface area contributed by atoms with E-state index in [0.717, 1.165) is 23.0 Å². The molecule has 3 rings (SSSR count). The van der Waals surface area contributed by atoms with E-state index in [4.69, 9.17) is 16.3 Å². The van der Waals surface area contributed by atoms with E-state index in [-0.39, 0.29) is 10.7 Å². The molecule has 0 saturated heterocycles. The zero-order valence-electron chi connectivity index (χ0n) is 16.0. The maximum Gasteiger partial charge on any atom is 0.340 e. The number of halogens is 2. The lowest BCUT2D eigenvalue weighted by Gasteiger charge is -2.10. The van der Waals surface area contributed by atoms with Crippen LogP contribution in [-0.2, 0) is 16.1 Å². The van der Waals surface area contributed by atoms with Gasteiger partial charge in [0.15, 0.2) is 6.61 Å². The molecule has 7 heteroatoms. The van der Waals surface area contributed by atoms with Crippen LogP contribution < -0.4 is 5.32 Å². The SMILES string of the molecule is Cc1cc(C(=O)OCC(=O)Nc2cc(Cl)ccc2F)c(C)n1Cc1ccccc1. The quantitative estimate of drug-likeness (QED) is 0.592. The van der Waals surface area contributed by atoms with Gasteiger partial charge in [0.25, 0.3) is 5.91 Å². The van der Waals surface area contributed by atoms with Gasteiger partial charge >= 0.3 is 5.97 Å². The Morgan fingerprint density at radius 1 is 1.10 bits per heavy atom. The van der Waals surface area contributed by atoms with Crippen LogP contribution in [0, 0.1) is 19.7 Å². The molecule has 0 saturated carbocycles. The van der Waals surface area contributed by atoms with E-state index in [9.17, 15) is 14.0 Å². The Morgan fingerprint density at radius 2 is 1.83 bits per heavy atom. The molecule has 0 aliphatic carbocycles. The fraction of sp³-hybridized carbons (Fsp3) is 0.182. The largest absolute Gasteiger partial charge is 0.452 e. The van der Waals surface area contributed by atoms with Crippen LogP contribution >= 0.6 is 11.6 Å². The maximum atomic E-state index is 13.7. The van der Waals surface area contributed by atoms with Gasteiger partial charge in [0.2, 0.25) is 0 Å². The summed E-state index contributed by atoms with van der Waals surface area (Å²) in [4.78, 5) is 24.5. The normalized spacial score (nSPS) is 10.6. The Bertz CT molecular complexity index is 1050. The molecule has 5 nitrogen and oxygen atoms in total. The molecule has 0 aliphatic heterocycles. The number of ether oxygens (including phenoxy) is 1. The summed E-state index contributed by atoms with van der Waals surface area (Å²) in [5, 5.41) is 2.62. The number of rotatable bonds is 6. The molecule has 1 N–H and O–H groups in total. The Labute approximate surface area is 173 Å². The van der Waals surface area contributed by atoms with E-state index in [1.807, 2.05) is 48.7 Å². The number of carbonyl (C=O) groups excluding carboxylic acids is 2. The first-order valence-corrected chi connectivity index (χ1v) is 9.35. The monoisotopic (exact) mass is 414 g/mol. The minimum atomic E-state index is -0.655. The molecular formula is C22H20ClFN2O3. The fourth-order valence-corrected chi connectivity index (χ4v) is 3.18. The first-order valence-electron chi connectivity index (χ1n) is 8.98. The second kappa shape index (κ2) is 8.92. The number of aromatic nitrogens is 1. The highest BCUT2D eigenvalue weighted by Gasteiger charge is 2.18. The van der Waals surface area contributed by atoms with Crippen molar-refractivity contribution < 1.29 is 18.7 Å². The summed E-state index contributed by atoms with van der Waals surface area (Å²) in [5.41, 5.74) is 3.08. The third-order valence-corrected chi connectivity index (χ3v) is 4.75.